The SMILES string of the molecule is O=C1C(O)CCCCN1Cc1nc(-c2ccc(F)cc2)no1. The second-order valence-corrected chi connectivity index (χ2v) is 5.29. The maximum absolute atomic E-state index is 12.9. The molecule has 1 unspecified atom stereocenters. The van der Waals surface area contributed by atoms with E-state index >= 15 is 0 Å². The molecule has 22 heavy (non-hydrogen) atoms. The largest absolute Gasteiger partial charge is 0.383 e. The molecule has 2 aromatic rings. The van der Waals surface area contributed by atoms with Crippen LogP contribution in [-0.2, 0) is 11.3 Å². The van der Waals surface area contributed by atoms with Crippen molar-refractivity contribution in [2.75, 3.05) is 6.54 Å². The summed E-state index contributed by atoms with van der Waals surface area (Å²) in [4.78, 5) is 17.8. The minimum atomic E-state index is -0.956. The zero-order chi connectivity index (χ0) is 15.5. The molecule has 1 amide bonds. The maximum Gasteiger partial charge on any atom is 0.251 e. The molecule has 116 valence electrons. The maximum atomic E-state index is 12.9. The fraction of sp³-hybridized carbons (Fsp3) is 0.400. The fourth-order valence-corrected chi connectivity index (χ4v) is 2.44. The summed E-state index contributed by atoms with van der Waals surface area (Å²) < 4.78 is 18.0. The van der Waals surface area contributed by atoms with E-state index in [1.165, 1.54) is 17.0 Å². The lowest BCUT2D eigenvalue weighted by Crippen LogP contribution is -2.37. The fourth-order valence-electron chi connectivity index (χ4n) is 2.44. The molecule has 1 N–H and O–H groups in total. The molecule has 0 spiro atoms. The Hall–Kier alpha value is -2.28. The van der Waals surface area contributed by atoms with Crippen LogP contribution in [0.25, 0.3) is 11.4 Å². The molecule has 6 nitrogen and oxygen atoms in total. The van der Waals surface area contributed by atoms with Crippen LogP contribution in [0.3, 0.4) is 0 Å². The average Bonchev–Trinajstić information content (AvgIpc) is 2.92. The molecule has 3 rings (SSSR count). The Morgan fingerprint density at radius 1 is 1.32 bits per heavy atom. The van der Waals surface area contributed by atoms with Crippen LogP contribution in [-0.4, -0.2) is 38.7 Å². The lowest BCUT2D eigenvalue weighted by molar-refractivity contribution is -0.140. The van der Waals surface area contributed by atoms with Gasteiger partial charge in [-0.05, 0) is 43.5 Å². The minimum Gasteiger partial charge on any atom is -0.383 e. The van der Waals surface area contributed by atoms with Crippen LogP contribution >= 0.6 is 0 Å². The second kappa shape index (κ2) is 6.23. The molecule has 1 aliphatic heterocycles. The summed E-state index contributed by atoms with van der Waals surface area (Å²) in [6.45, 7) is 0.730. The normalized spacial score (nSPS) is 19.3. The van der Waals surface area contributed by atoms with Gasteiger partial charge in [0.05, 0.1) is 0 Å². The van der Waals surface area contributed by atoms with E-state index in [9.17, 15) is 14.3 Å². The van der Waals surface area contributed by atoms with Gasteiger partial charge >= 0.3 is 0 Å². The molecular formula is C15H16FN3O3. The molecule has 0 saturated carbocycles. The van der Waals surface area contributed by atoms with Crippen LogP contribution in [0.1, 0.15) is 25.2 Å². The number of aliphatic hydroxyl groups excluding tert-OH is 1. The van der Waals surface area contributed by atoms with E-state index in [4.69, 9.17) is 4.52 Å². The first-order chi connectivity index (χ1) is 10.6. The summed E-state index contributed by atoms with van der Waals surface area (Å²) in [5.74, 6) is -0.00440. The van der Waals surface area contributed by atoms with Gasteiger partial charge in [0.25, 0.3) is 5.91 Å². The number of rotatable bonds is 3. The van der Waals surface area contributed by atoms with Crippen molar-refractivity contribution < 1.29 is 18.8 Å². The standard InChI is InChI=1S/C15H16FN3O3/c16-11-6-4-10(5-7-11)14-17-13(22-18-14)9-19-8-2-1-3-12(20)15(19)21/h4-7,12,20H,1-3,8-9H2. The number of benzene rings is 1. The summed E-state index contributed by atoms with van der Waals surface area (Å²) in [7, 11) is 0. The zero-order valence-corrected chi connectivity index (χ0v) is 11.9. The van der Waals surface area contributed by atoms with Crippen molar-refractivity contribution in [1.29, 1.82) is 0 Å². The van der Waals surface area contributed by atoms with E-state index in [0.29, 0.717) is 30.2 Å². The number of aromatic nitrogens is 2. The lowest BCUT2D eigenvalue weighted by atomic mass is 10.2. The summed E-state index contributed by atoms with van der Waals surface area (Å²) >= 11 is 0. The highest BCUT2D eigenvalue weighted by atomic mass is 19.1. The molecule has 1 fully saturated rings. The Kier molecular flexibility index (Phi) is 4.15. The molecule has 1 aliphatic rings. The van der Waals surface area contributed by atoms with Crippen LogP contribution in [0.2, 0.25) is 0 Å². The number of carbonyl (C=O) groups is 1. The van der Waals surface area contributed by atoms with Crippen LogP contribution in [0.4, 0.5) is 4.39 Å². The number of halogens is 1. The van der Waals surface area contributed by atoms with Gasteiger partial charge in [-0.25, -0.2) is 4.39 Å². The van der Waals surface area contributed by atoms with E-state index in [-0.39, 0.29) is 18.3 Å². The predicted molar refractivity (Wildman–Crippen MR) is 75.0 cm³/mol. The van der Waals surface area contributed by atoms with Crippen molar-refractivity contribution in [2.24, 2.45) is 0 Å². The first kappa shape index (κ1) is 14.6. The van der Waals surface area contributed by atoms with E-state index in [1.807, 2.05) is 0 Å². The molecule has 1 atom stereocenters. The van der Waals surface area contributed by atoms with Crippen molar-refractivity contribution in [2.45, 2.75) is 31.9 Å². The zero-order valence-electron chi connectivity index (χ0n) is 11.9. The van der Waals surface area contributed by atoms with Crippen LogP contribution in [0, 0.1) is 5.82 Å². The summed E-state index contributed by atoms with van der Waals surface area (Å²) in [5.41, 5.74) is 0.638. The topological polar surface area (TPSA) is 79.5 Å². The Labute approximate surface area is 126 Å². The molecular weight excluding hydrogens is 289 g/mol. The number of carbonyl (C=O) groups excluding carboxylic acids is 1. The third-order valence-corrected chi connectivity index (χ3v) is 3.65. The third-order valence-electron chi connectivity index (χ3n) is 3.65. The summed E-state index contributed by atoms with van der Waals surface area (Å²) in [5, 5.41) is 13.6. The van der Waals surface area contributed by atoms with E-state index in [0.717, 1.165) is 12.8 Å². The van der Waals surface area contributed by atoms with Gasteiger partial charge in [-0.15, -0.1) is 0 Å². The molecule has 0 aliphatic carbocycles. The van der Waals surface area contributed by atoms with Crippen molar-refractivity contribution in [3.8, 4) is 11.4 Å². The Bertz CT molecular complexity index is 656. The smallest absolute Gasteiger partial charge is 0.251 e. The number of aliphatic hydroxyl groups is 1. The second-order valence-electron chi connectivity index (χ2n) is 5.29. The molecule has 0 bridgehead atoms. The number of amides is 1. The van der Waals surface area contributed by atoms with Crippen molar-refractivity contribution >= 4 is 5.91 Å². The lowest BCUT2D eigenvalue weighted by Gasteiger charge is -2.19. The molecule has 1 aromatic carbocycles. The molecule has 1 saturated heterocycles. The van der Waals surface area contributed by atoms with E-state index in [2.05, 4.69) is 10.1 Å². The Morgan fingerprint density at radius 3 is 2.86 bits per heavy atom. The third kappa shape index (κ3) is 3.14. The monoisotopic (exact) mass is 305 g/mol. The first-order valence-corrected chi connectivity index (χ1v) is 7.19. The predicted octanol–water partition coefficient (Wildman–Crippen LogP) is 1.75. The average molecular weight is 305 g/mol. The minimum absolute atomic E-state index is 0.171. The van der Waals surface area contributed by atoms with Crippen molar-refractivity contribution in [3.05, 3.63) is 36.0 Å². The van der Waals surface area contributed by atoms with Gasteiger partial charge in [0.2, 0.25) is 11.7 Å². The van der Waals surface area contributed by atoms with Crippen LogP contribution in [0.5, 0.6) is 0 Å². The number of hydrogen-bond donors (Lipinski definition) is 1. The van der Waals surface area contributed by atoms with Gasteiger partial charge in [-0.1, -0.05) is 5.16 Å². The van der Waals surface area contributed by atoms with Crippen LogP contribution in [0.15, 0.2) is 28.8 Å². The van der Waals surface area contributed by atoms with Gasteiger partial charge in [-0.3, -0.25) is 4.79 Å². The first-order valence-electron chi connectivity index (χ1n) is 7.19. The molecule has 1 aromatic heterocycles. The molecule has 2 heterocycles. The number of likely N-dealkylation sites (tertiary alicyclic amines) is 1. The van der Waals surface area contributed by atoms with Gasteiger partial charge in [0.1, 0.15) is 18.5 Å². The van der Waals surface area contributed by atoms with Gasteiger partial charge < -0.3 is 14.5 Å². The highest BCUT2D eigenvalue weighted by Gasteiger charge is 2.26. The summed E-state index contributed by atoms with van der Waals surface area (Å²) in [6.07, 6.45) is 1.18. The van der Waals surface area contributed by atoms with Crippen LogP contribution < -0.4 is 0 Å². The van der Waals surface area contributed by atoms with Gasteiger partial charge in [-0.2, -0.15) is 4.98 Å². The van der Waals surface area contributed by atoms with Crippen molar-refractivity contribution in [3.63, 3.8) is 0 Å². The van der Waals surface area contributed by atoms with Gasteiger partial charge in [0, 0.05) is 12.1 Å². The van der Waals surface area contributed by atoms with E-state index < -0.39 is 6.10 Å². The van der Waals surface area contributed by atoms with Gasteiger partial charge in [0.15, 0.2) is 0 Å². The highest BCUT2D eigenvalue weighted by molar-refractivity contribution is 5.80. The van der Waals surface area contributed by atoms with Crippen molar-refractivity contribution in [1.82, 2.24) is 15.0 Å². The quantitative estimate of drug-likeness (QED) is 0.934. The molecule has 7 heteroatoms. The Morgan fingerprint density at radius 2 is 2.09 bits per heavy atom. The van der Waals surface area contributed by atoms with E-state index in [1.54, 1.807) is 12.1 Å². The Balaban J connectivity index is 1.73. The molecule has 0 radical (unpaired) electrons. The number of hydrogen-bond acceptors (Lipinski definition) is 5. The summed E-state index contributed by atoms with van der Waals surface area (Å²) in [6, 6.07) is 5.76. The number of nitrogens with zero attached hydrogens (tertiary/aromatic N) is 3. The highest BCUT2D eigenvalue weighted by Crippen LogP contribution is 2.18.